The van der Waals surface area contributed by atoms with E-state index in [0.717, 1.165) is 0 Å². The highest BCUT2D eigenvalue weighted by Gasteiger charge is 2.50. The Morgan fingerprint density at radius 2 is 0.651 bits per heavy atom. The van der Waals surface area contributed by atoms with Crippen LogP contribution in [0, 0.1) is 0 Å². The van der Waals surface area contributed by atoms with Crippen LogP contribution in [0.25, 0.3) is 105 Å². The van der Waals surface area contributed by atoms with Gasteiger partial charge >= 0.3 is 0 Å². The first-order valence-corrected chi connectivity index (χ1v) is 32.9. The van der Waals surface area contributed by atoms with E-state index in [4.69, 9.17) is 0 Å². The highest BCUT2D eigenvalue weighted by atomic mass is 15.1. The molecule has 0 atom stereocenters. The number of nitrogens with zero attached hydrogens (tertiary/aromatic N) is 3. The van der Waals surface area contributed by atoms with Crippen molar-refractivity contribution in [1.29, 1.82) is 0 Å². The lowest BCUT2D eigenvalue weighted by molar-refractivity contribution is 0.444. The molecular weight excluding hydrogens is 1000 g/mol. The van der Waals surface area contributed by atoms with E-state index in [1.807, 2.05) is 0 Å². The van der Waals surface area contributed by atoms with E-state index in [1.54, 1.807) is 38.6 Å². The number of benzene rings is 9. The van der Waals surface area contributed by atoms with E-state index in [-0.39, 0.29) is 13.4 Å². The van der Waals surface area contributed by atoms with Crippen molar-refractivity contribution in [3.63, 3.8) is 0 Å². The van der Waals surface area contributed by atoms with Gasteiger partial charge in [0.05, 0.1) is 11.0 Å². The van der Waals surface area contributed by atoms with Crippen LogP contribution in [0.5, 0.6) is 0 Å². The standard InChI is InChI=1S/C78H69B2N3/c1-7-19-46(20-8-1)52-31-33-68-58(35-52)60-37-54(48-23-11-3-12-24-48)41-64-74(60)81(68)70-45-71-73-78-72(70)79(64)66-43-56(50-27-15-5-16-28-50)39-62-63-40-57(51-29-17-6-18-30-51)44-67(77(63)83(78)76(62)66)80(73)65-42-55(49-25-13-4-14-26-49)38-61-59-36-53(47-21-9-2-10-22-47)32-34-69(59)82(71)75(61)65/h1,3,7-8,11-12,19-20,23-24,31-45,47,49-51H,2,4-6,9-10,13-18,21-22,25-30H2. The Morgan fingerprint density at radius 3 is 1.14 bits per heavy atom. The summed E-state index contributed by atoms with van der Waals surface area (Å²) in [5, 5.41) is 8.70. The summed E-state index contributed by atoms with van der Waals surface area (Å²) < 4.78 is 8.55. The fourth-order valence-corrected chi connectivity index (χ4v) is 19.5. The minimum Gasteiger partial charge on any atom is -0.311 e. The Hall–Kier alpha value is -7.49. The fraction of sp³-hybridized carbons (Fsp3) is 0.308. The lowest BCUT2D eigenvalue weighted by atomic mass is 9.30. The first-order valence-electron chi connectivity index (χ1n) is 32.9. The lowest BCUT2D eigenvalue weighted by Gasteiger charge is -2.41. The predicted molar refractivity (Wildman–Crippen MR) is 353 cm³/mol. The van der Waals surface area contributed by atoms with Gasteiger partial charge in [-0.25, -0.2) is 0 Å². The van der Waals surface area contributed by atoms with E-state index in [9.17, 15) is 0 Å². The molecule has 0 bridgehead atoms. The van der Waals surface area contributed by atoms with E-state index in [2.05, 4.69) is 165 Å². The average Bonchev–Trinajstić information content (AvgIpc) is 2.20. The lowest BCUT2D eigenvalue weighted by Crippen LogP contribution is -2.66. The molecule has 9 aromatic carbocycles. The smallest absolute Gasteiger partial charge is 0.252 e. The summed E-state index contributed by atoms with van der Waals surface area (Å²) in [7, 11) is 0. The van der Waals surface area contributed by atoms with Crippen LogP contribution in [-0.4, -0.2) is 27.1 Å². The van der Waals surface area contributed by atoms with Crippen molar-refractivity contribution < 1.29 is 0 Å². The second-order valence-corrected chi connectivity index (χ2v) is 27.5. The summed E-state index contributed by atoms with van der Waals surface area (Å²) in [5.74, 6) is 2.42. The average molecular weight is 1070 g/mol. The van der Waals surface area contributed by atoms with Crippen molar-refractivity contribution in [2.45, 2.75) is 152 Å². The maximum Gasteiger partial charge on any atom is 0.252 e. The number of aromatic nitrogens is 3. The van der Waals surface area contributed by atoms with Gasteiger partial charge in [0.2, 0.25) is 0 Å². The first kappa shape index (κ1) is 46.9. The molecule has 0 saturated heterocycles. The van der Waals surface area contributed by atoms with Gasteiger partial charge in [-0.1, -0.05) is 174 Å². The van der Waals surface area contributed by atoms with Gasteiger partial charge in [-0.15, -0.1) is 0 Å². The molecule has 0 unspecified atom stereocenters. The Balaban J connectivity index is 0.977. The van der Waals surface area contributed by atoms with E-state index < -0.39 is 0 Å². The van der Waals surface area contributed by atoms with Gasteiger partial charge in [0, 0.05) is 71.4 Å². The highest BCUT2D eigenvalue weighted by Crippen LogP contribution is 2.49. The predicted octanol–water partition coefficient (Wildman–Crippen LogP) is 16.8. The minimum atomic E-state index is 0.0548. The van der Waals surface area contributed by atoms with Gasteiger partial charge in [-0.05, 0) is 207 Å². The zero-order valence-electron chi connectivity index (χ0n) is 47.9. The van der Waals surface area contributed by atoms with Gasteiger partial charge in [0.25, 0.3) is 13.4 Å². The van der Waals surface area contributed by atoms with Gasteiger partial charge < -0.3 is 13.7 Å². The molecule has 5 heteroatoms. The van der Waals surface area contributed by atoms with Crippen molar-refractivity contribution in [3.8, 4) is 39.3 Å². The van der Waals surface area contributed by atoms with Crippen LogP contribution in [0.15, 0.2) is 152 Å². The van der Waals surface area contributed by atoms with Crippen LogP contribution in [0.1, 0.15) is 174 Å². The summed E-state index contributed by atoms with van der Waals surface area (Å²) >= 11 is 0. The molecule has 3 aromatic heterocycles. The third-order valence-electron chi connectivity index (χ3n) is 23.3. The molecule has 0 amide bonds. The molecular formula is C78H69B2N3. The molecule has 0 radical (unpaired) electrons. The van der Waals surface area contributed by atoms with Crippen LogP contribution in [0.2, 0.25) is 0 Å². The fourth-order valence-electron chi connectivity index (χ4n) is 19.5. The van der Waals surface area contributed by atoms with Crippen LogP contribution < -0.4 is 32.8 Å². The van der Waals surface area contributed by atoms with E-state index >= 15 is 0 Å². The Bertz CT molecular complexity index is 4780. The molecule has 20 rings (SSSR count). The van der Waals surface area contributed by atoms with Crippen LogP contribution >= 0.6 is 0 Å². The maximum absolute atomic E-state index is 2.93. The van der Waals surface area contributed by atoms with Crippen molar-refractivity contribution in [3.05, 3.63) is 174 Å². The molecule has 402 valence electrons. The third-order valence-corrected chi connectivity index (χ3v) is 23.3. The SMILES string of the molecule is c1ccc(-c2ccc3c(c2)c2cc(-c4ccccc4)cc4c2n3-c2cc3c5c6c2B4c2cc(C4CCCCC4)cc4c7cc(C8CCCCC8)cc(c7n-6c24)B5c2cc(C4CCCCC4)cc4c5cc(C6CCCCC6)ccc5n-3c24)cc1. The van der Waals surface area contributed by atoms with Crippen molar-refractivity contribution in [2.75, 3.05) is 0 Å². The van der Waals surface area contributed by atoms with Crippen LogP contribution in [0.3, 0.4) is 0 Å². The second kappa shape index (κ2) is 17.5. The molecule has 0 N–H and O–H groups in total. The highest BCUT2D eigenvalue weighted by molar-refractivity contribution is 7.04. The topological polar surface area (TPSA) is 14.8 Å². The molecule has 83 heavy (non-hydrogen) atoms. The number of rotatable bonds is 6. The summed E-state index contributed by atoms with van der Waals surface area (Å²) in [4.78, 5) is 0. The van der Waals surface area contributed by atoms with Crippen molar-refractivity contribution in [1.82, 2.24) is 13.7 Å². The molecule has 3 nitrogen and oxygen atoms in total. The zero-order valence-corrected chi connectivity index (χ0v) is 47.9. The van der Waals surface area contributed by atoms with Gasteiger partial charge in [0.1, 0.15) is 0 Å². The number of hydrogen-bond donors (Lipinski definition) is 0. The maximum atomic E-state index is 2.93. The zero-order chi connectivity index (χ0) is 53.8. The third kappa shape index (κ3) is 6.45. The Morgan fingerprint density at radius 1 is 0.277 bits per heavy atom. The Labute approximate surface area is 487 Å². The monoisotopic (exact) mass is 1070 g/mol. The molecule has 7 heterocycles. The van der Waals surface area contributed by atoms with Gasteiger partial charge in [-0.2, -0.15) is 0 Å². The molecule has 4 fully saturated rings. The van der Waals surface area contributed by atoms with Crippen LogP contribution in [-0.2, 0) is 0 Å². The molecule has 4 aliphatic carbocycles. The van der Waals surface area contributed by atoms with Crippen LogP contribution in [0.4, 0.5) is 0 Å². The molecule has 0 spiro atoms. The largest absolute Gasteiger partial charge is 0.311 e. The number of hydrogen-bond acceptors (Lipinski definition) is 0. The summed E-state index contributed by atoms with van der Waals surface area (Å²) in [6.45, 7) is 0.167. The van der Waals surface area contributed by atoms with Crippen molar-refractivity contribution in [2.24, 2.45) is 0 Å². The van der Waals surface area contributed by atoms with Crippen molar-refractivity contribution >= 4 is 112 Å². The second-order valence-electron chi connectivity index (χ2n) is 27.5. The summed E-state index contributed by atoms with van der Waals surface area (Å²) in [6.07, 6.45) is 26.6. The molecule has 8 aliphatic rings. The van der Waals surface area contributed by atoms with Gasteiger partial charge in [-0.3, -0.25) is 0 Å². The summed E-state index contributed by atoms with van der Waals surface area (Å²) in [6, 6.07) is 62.4. The molecule has 4 saturated carbocycles. The number of fused-ring (bicyclic) bond motifs is 13. The molecule has 4 aliphatic heterocycles. The normalized spacial score (nSPS) is 18.6. The van der Waals surface area contributed by atoms with E-state index in [1.165, 1.54) is 250 Å². The first-order chi connectivity index (χ1) is 41.2. The van der Waals surface area contributed by atoms with E-state index in [0.29, 0.717) is 23.7 Å². The molecule has 12 aromatic rings. The summed E-state index contributed by atoms with van der Waals surface area (Å²) in [5.41, 5.74) is 33.5. The Kier molecular flexibility index (Phi) is 9.92. The minimum absolute atomic E-state index is 0.0548. The van der Waals surface area contributed by atoms with Gasteiger partial charge in [0.15, 0.2) is 0 Å². The quantitative estimate of drug-likeness (QED) is 0.147.